The summed E-state index contributed by atoms with van der Waals surface area (Å²) in [6, 6.07) is 16.3. The molecule has 2 amide bonds. The molecular formula is C25H19ClN6O5S2. The number of fused-ring (bicyclic) bond motifs is 1. The molecule has 3 heterocycles. The Bertz CT molecular complexity index is 1900. The second-order valence-corrected chi connectivity index (χ2v) is 11.8. The summed E-state index contributed by atoms with van der Waals surface area (Å²) in [5.74, 6) is 0. The molecule has 0 aliphatic heterocycles. The molecule has 39 heavy (non-hydrogen) atoms. The largest absolute Gasteiger partial charge is 0.381 e. The summed E-state index contributed by atoms with van der Waals surface area (Å²) in [5, 5.41) is 5.95. The maximum Gasteiger partial charge on any atom is 0.333 e. The van der Waals surface area contributed by atoms with Crippen LogP contribution in [0.5, 0.6) is 0 Å². The van der Waals surface area contributed by atoms with E-state index in [1.165, 1.54) is 36.4 Å². The van der Waals surface area contributed by atoms with Crippen LogP contribution in [0.2, 0.25) is 4.34 Å². The number of H-pyrrole nitrogens is 1. The number of halogens is 1. The number of anilines is 2. The van der Waals surface area contributed by atoms with Gasteiger partial charge in [-0.3, -0.25) is 9.78 Å². The van der Waals surface area contributed by atoms with Crippen LogP contribution in [0.4, 0.5) is 16.2 Å². The molecule has 5 rings (SSSR count). The number of carbonyl (C=O) groups is 1. The van der Waals surface area contributed by atoms with Gasteiger partial charge in [0, 0.05) is 30.3 Å². The molecule has 0 fully saturated rings. The second-order valence-electron chi connectivity index (χ2n) is 8.21. The Morgan fingerprint density at radius 3 is 2.38 bits per heavy atom. The molecule has 0 aliphatic carbocycles. The monoisotopic (exact) mass is 582 g/mol. The van der Waals surface area contributed by atoms with Gasteiger partial charge in [-0.1, -0.05) is 11.6 Å². The molecule has 0 unspecified atom stereocenters. The minimum atomic E-state index is -4.09. The molecule has 4 N–H and O–H groups in total. The van der Waals surface area contributed by atoms with Crippen molar-refractivity contribution in [2.75, 3.05) is 10.6 Å². The Balaban J connectivity index is 1.32. The quantitative estimate of drug-likeness (QED) is 0.227. The number of sulfonamides is 1. The summed E-state index contributed by atoms with van der Waals surface area (Å²) >= 11 is 6.58. The smallest absolute Gasteiger partial charge is 0.333 e. The molecule has 0 saturated heterocycles. The zero-order valence-electron chi connectivity index (χ0n) is 19.8. The number of carbonyl (C=O) groups excluding carboxylic acids is 1. The third kappa shape index (κ3) is 5.85. The lowest BCUT2D eigenvalue weighted by Crippen LogP contribution is -2.34. The fraction of sp³-hybridized carbons (Fsp3) is 0.0400. The lowest BCUT2D eigenvalue weighted by atomic mass is 10.2. The molecule has 2 aromatic carbocycles. The van der Waals surface area contributed by atoms with E-state index in [9.17, 15) is 22.8 Å². The highest BCUT2D eigenvalue weighted by Gasteiger charge is 2.20. The van der Waals surface area contributed by atoms with Crippen molar-refractivity contribution >= 4 is 61.3 Å². The van der Waals surface area contributed by atoms with E-state index in [-0.39, 0.29) is 19.9 Å². The molecule has 3 aromatic heterocycles. The van der Waals surface area contributed by atoms with Gasteiger partial charge < -0.3 is 15.6 Å². The number of hydrogen-bond acceptors (Lipinski definition) is 8. The van der Waals surface area contributed by atoms with Crippen molar-refractivity contribution in [1.29, 1.82) is 0 Å². The highest BCUT2D eigenvalue weighted by atomic mass is 35.5. The predicted octanol–water partition coefficient (Wildman–Crippen LogP) is 3.91. The van der Waals surface area contributed by atoms with E-state index in [0.29, 0.717) is 17.4 Å². The van der Waals surface area contributed by atoms with Crippen molar-refractivity contribution in [3.8, 4) is 5.69 Å². The molecule has 0 aliphatic rings. The maximum absolute atomic E-state index is 13.2. The number of thiophene rings is 1. The number of amides is 2. The molecule has 0 saturated carbocycles. The van der Waals surface area contributed by atoms with Gasteiger partial charge in [-0.25, -0.2) is 27.3 Å². The summed E-state index contributed by atoms with van der Waals surface area (Å²) in [6.45, 7) is 0.544. The SMILES string of the molecule is O=C(Nc1ccc(-n2c(=O)[nH]c3cc(NCc4ccncc4)ccc3c2=O)cc1)NS(=O)(=O)c1ccc(Cl)s1. The van der Waals surface area contributed by atoms with Crippen LogP contribution in [0.1, 0.15) is 5.56 Å². The average molecular weight is 583 g/mol. The number of aromatic nitrogens is 3. The Labute approximate surface area is 230 Å². The highest BCUT2D eigenvalue weighted by molar-refractivity contribution is 7.92. The van der Waals surface area contributed by atoms with Crippen LogP contribution >= 0.6 is 22.9 Å². The van der Waals surface area contributed by atoms with Crippen molar-refractivity contribution in [1.82, 2.24) is 19.3 Å². The fourth-order valence-corrected chi connectivity index (χ4v) is 6.12. The molecular weight excluding hydrogens is 564 g/mol. The summed E-state index contributed by atoms with van der Waals surface area (Å²) < 4.78 is 27.6. The predicted molar refractivity (Wildman–Crippen MR) is 150 cm³/mol. The van der Waals surface area contributed by atoms with Crippen LogP contribution in [0, 0.1) is 0 Å². The van der Waals surface area contributed by atoms with Gasteiger partial charge in [0.1, 0.15) is 4.21 Å². The lowest BCUT2D eigenvalue weighted by Gasteiger charge is -2.11. The van der Waals surface area contributed by atoms with Crippen LogP contribution in [-0.2, 0) is 16.6 Å². The van der Waals surface area contributed by atoms with Gasteiger partial charge in [-0.15, -0.1) is 11.3 Å². The highest BCUT2D eigenvalue weighted by Crippen LogP contribution is 2.25. The van der Waals surface area contributed by atoms with Gasteiger partial charge in [0.15, 0.2) is 0 Å². The standard InChI is InChI=1S/C25H19ClN6O5S2/c26-21-7-8-22(38-21)39(36,37)31-24(34)29-16-1-4-18(5-2-16)32-23(33)19-6-3-17(13-20(19)30-25(32)35)28-14-15-9-11-27-12-10-15/h1-13,28H,14H2,(H,30,35)(H2,29,31,34). The lowest BCUT2D eigenvalue weighted by molar-refractivity contribution is 0.256. The molecule has 198 valence electrons. The van der Waals surface area contributed by atoms with Crippen molar-refractivity contribution in [3.05, 3.63) is 110 Å². The molecule has 0 spiro atoms. The molecule has 0 atom stereocenters. The molecule has 0 bridgehead atoms. The third-order valence-electron chi connectivity index (χ3n) is 5.57. The van der Waals surface area contributed by atoms with E-state index in [0.717, 1.165) is 27.2 Å². The number of benzene rings is 2. The van der Waals surface area contributed by atoms with E-state index in [2.05, 4.69) is 20.6 Å². The first kappa shape index (κ1) is 26.2. The second kappa shape index (κ2) is 10.7. The average Bonchev–Trinajstić information content (AvgIpc) is 3.36. The van der Waals surface area contributed by atoms with Gasteiger partial charge in [0.2, 0.25) is 0 Å². The van der Waals surface area contributed by atoms with Gasteiger partial charge in [-0.2, -0.15) is 0 Å². The Kier molecular flexibility index (Phi) is 7.19. The summed E-state index contributed by atoms with van der Waals surface area (Å²) in [7, 11) is -4.09. The number of nitrogens with zero attached hydrogens (tertiary/aromatic N) is 2. The summed E-state index contributed by atoms with van der Waals surface area (Å²) in [5.41, 5.74) is 1.47. The Morgan fingerprint density at radius 1 is 0.974 bits per heavy atom. The zero-order valence-corrected chi connectivity index (χ0v) is 22.2. The first-order chi connectivity index (χ1) is 18.7. The number of hydrogen-bond donors (Lipinski definition) is 4. The van der Waals surface area contributed by atoms with Crippen molar-refractivity contribution in [2.45, 2.75) is 10.8 Å². The van der Waals surface area contributed by atoms with E-state index in [1.807, 2.05) is 16.9 Å². The van der Waals surface area contributed by atoms with Gasteiger partial charge in [0.05, 0.1) is 20.9 Å². The van der Waals surface area contributed by atoms with E-state index < -0.39 is 27.3 Å². The topological polar surface area (TPSA) is 155 Å². The number of pyridine rings is 1. The summed E-state index contributed by atoms with van der Waals surface area (Å²) in [6.07, 6.45) is 3.39. The van der Waals surface area contributed by atoms with Crippen LogP contribution < -0.4 is 26.6 Å². The minimum Gasteiger partial charge on any atom is -0.381 e. The minimum absolute atomic E-state index is 0.107. The fourth-order valence-electron chi connectivity index (χ4n) is 3.73. The van der Waals surface area contributed by atoms with Crippen LogP contribution in [-0.4, -0.2) is 29.0 Å². The number of urea groups is 1. The third-order valence-corrected chi connectivity index (χ3v) is 8.62. The molecule has 11 nitrogen and oxygen atoms in total. The zero-order chi connectivity index (χ0) is 27.6. The normalized spacial score (nSPS) is 11.3. The maximum atomic E-state index is 13.2. The molecule has 5 aromatic rings. The van der Waals surface area contributed by atoms with Crippen molar-refractivity contribution in [3.63, 3.8) is 0 Å². The summed E-state index contributed by atoms with van der Waals surface area (Å²) in [4.78, 5) is 44.9. The van der Waals surface area contributed by atoms with Crippen molar-refractivity contribution in [2.24, 2.45) is 0 Å². The number of nitrogens with one attached hydrogen (secondary N) is 4. The first-order valence-corrected chi connectivity index (χ1v) is 14.0. The number of aromatic amines is 1. The van der Waals surface area contributed by atoms with Crippen molar-refractivity contribution < 1.29 is 13.2 Å². The molecule has 14 heteroatoms. The molecule has 0 radical (unpaired) electrons. The van der Waals surface area contributed by atoms with Gasteiger partial charge in [-0.05, 0) is 72.3 Å². The van der Waals surface area contributed by atoms with Gasteiger partial charge >= 0.3 is 11.7 Å². The van der Waals surface area contributed by atoms with E-state index >= 15 is 0 Å². The Hall–Kier alpha value is -4.46. The van der Waals surface area contributed by atoms with E-state index in [4.69, 9.17) is 11.6 Å². The Morgan fingerprint density at radius 2 is 1.69 bits per heavy atom. The van der Waals surface area contributed by atoms with Gasteiger partial charge in [0.25, 0.3) is 15.6 Å². The van der Waals surface area contributed by atoms with Crippen LogP contribution in [0.15, 0.2) is 92.9 Å². The van der Waals surface area contributed by atoms with E-state index in [1.54, 1.807) is 30.6 Å². The van der Waals surface area contributed by atoms with Crippen LogP contribution in [0.25, 0.3) is 16.6 Å². The number of rotatable bonds is 7. The van der Waals surface area contributed by atoms with Crippen LogP contribution in [0.3, 0.4) is 0 Å². The first-order valence-electron chi connectivity index (χ1n) is 11.3.